The van der Waals surface area contributed by atoms with Crippen LogP contribution in [-0.2, 0) is 0 Å². The summed E-state index contributed by atoms with van der Waals surface area (Å²) in [4.78, 5) is 16.9. The number of hydrogen-bond donors (Lipinski definition) is 2. The molecule has 1 aromatic carbocycles. The molecule has 6 heteroatoms. The number of aliphatic hydroxyl groups excluding tert-OH is 1. The second-order valence-electron chi connectivity index (χ2n) is 8.39. The van der Waals surface area contributed by atoms with Crippen molar-refractivity contribution in [3.8, 4) is 39.8 Å². The number of pyridine rings is 2. The summed E-state index contributed by atoms with van der Waals surface area (Å²) in [5, 5.41) is 9.63. The molecule has 6 nitrogen and oxygen atoms in total. The van der Waals surface area contributed by atoms with Crippen LogP contribution in [-0.4, -0.2) is 31.6 Å². The molecule has 0 amide bonds. The van der Waals surface area contributed by atoms with Gasteiger partial charge < -0.3 is 14.8 Å². The Balaban J connectivity index is 1.45. The largest absolute Gasteiger partial charge is 0.512 e. The molecule has 0 saturated carbocycles. The first kappa shape index (κ1) is 21.3. The van der Waals surface area contributed by atoms with E-state index in [1.165, 1.54) is 0 Å². The predicted molar refractivity (Wildman–Crippen MR) is 126 cm³/mol. The van der Waals surface area contributed by atoms with Gasteiger partial charge in [-0.1, -0.05) is 12.6 Å². The molecule has 0 aliphatic carbocycles. The zero-order chi connectivity index (χ0) is 22.7. The van der Waals surface area contributed by atoms with Gasteiger partial charge in [0, 0.05) is 23.0 Å². The SMILES string of the molecule is C=C(O)C(C)(C)COc1ccc(-c2ccc(-c3ncc(-c4cccc(C)n4)[nH]3)cn2)cc1. The summed E-state index contributed by atoms with van der Waals surface area (Å²) >= 11 is 0. The second-order valence-corrected chi connectivity index (χ2v) is 8.39. The number of rotatable bonds is 7. The van der Waals surface area contributed by atoms with Gasteiger partial charge in [-0.3, -0.25) is 9.97 Å². The molecule has 0 spiro atoms. The molecule has 32 heavy (non-hydrogen) atoms. The van der Waals surface area contributed by atoms with Gasteiger partial charge in [0.2, 0.25) is 0 Å². The number of nitrogens with one attached hydrogen (secondary N) is 1. The highest BCUT2D eigenvalue weighted by molar-refractivity contribution is 5.65. The fourth-order valence-electron chi connectivity index (χ4n) is 3.06. The normalized spacial score (nSPS) is 11.3. The summed E-state index contributed by atoms with van der Waals surface area (Å²) in [6, 6.07) is 17.6. The highest BCUT2D eigenvalue weighted by Crippen LogP contribution is 2.27. The van der Waals surface area contributed by atoms with Crippen LogP contribution < -0.4 is 4.74 Å². The summed E-state index contributed by atoms with van der Waals surface area (Å²) in [5.41, 5.74) is 4.94. The van der Waals surface area contributed by atoms with Crippen LogP contribution in [0.5, 0.6) is 5.75 Å². The summed E-state index contributed by atoms with van der Waals surface area (Å²) in [6.45, 7) is 9.68. The van der Waals surface area contributed by atoms with E-state index in [1.807, 2.05) is 75.4 Å². The molecule has 3 aromatic heterocycles. The summed E-state index contributed by atoms with van der Waals surface area (Å²) in [5.74, 6) is 1.59. The van der Waals surface area contributed by atoms with Crippen molar-refractivity contribution in [2.75, 3.05) is 6.61 Å². The van der Waals surface area contributed by atoms with Crippen molar-refractivity contribution < 1.29 is 9.84 Å². The predicted octanol–water partition coefficient (Wildman–Crippen LogP) is 5.99. The molecule has 0 aliphatic rings. The number of aliphatic hydroxyl groups is 1. The van der Waals surface area contributed by atoms with Gasteiger partial charge >= 0.3 is 0 Å². The van der Waals surface area contributed by atoms with E-state index in [0.29, 0.717) is 6.61 Å². The van der Waals surface area contributed by atoms with Crippen LogP contribution in [0.3, 0.4) is 0 Å². The zero-order valence-electron chi connectivity index (χ0n) is 18.5. The number of benzene rings is 1. The number of aryl methyl sites for hydroxylation is 1. The van der Waals surface area contributed by atoms with Crippen molar-refractivity contribution in [3.63, 3.8) is 0 Å². The first-order chi connectivity index (χ1) is 15.3. The van der Waals surface area contributed by atoms with E-state index >= 15 is 0 Å². The number of imidazole rings is 1. The third-order valence-electron chi connectivity index (χ3n) is 5.31. The number of ether oxygens (including phenoxy) is 1. The Bertz CT molecular complexity index is 1230. The van der Waals surface area contributed by atoms with Crippen molar-refractivity contribution in [2.24, 2.45) is 5.41 Å². The number of nitrogens with zero attached hydrogens (tertiary/aromatic N) is 3. The standard InChI is InChI=1S/C26H26N4O2/c1-17-6-5-7-23(29-17)24-15-28-25(30-24)20-10-13-22(27-14-20)19-8-11-21(12-9-19)32-16-26(3,4)18(2)31/h5-15,31H,2,16H2,1,3-4H3,(H,28,30). The van der Waals surface area contributed by atoms with E-state index in [4.69, 9.17) is 4.74 Å². The maximum Gasteiger partial charge on any atom is 0.139 e. The van der Waals surface area contributed by atoms with E-state index < -0.39 is 5.41 Å². The monoisotopic (exact) mass is 426 g/mol. The lowest BCUT2D eigenvalue weighted by Crippen LogP contribution is -2.23. The third-order valence-corrected chi connectivity index (χ3v) is 5.31. The molecule has 0 saturated heterocycles. The molecule has 0 bridgehead atoms. The summed E-state index contributed by atoms with van der Waals surface area (Å²) in [6.07, 6.45) is 3.60. The van der Waals surface area contributed by atoms with Gasteiger partial charge in [-0.05, 0) is 69.3 Å². The Hall–Kier alpha value is -3.93. The van der Waals surface area contributed by atoms with Crippen molar-refractivity contribution in [2.45, 2.75) is 20.8 Å². The Kier molecular flexibility index (Phi) is 5.77. The van der Waals surface area contributed by atoms with Crippen molar-refractivity contribution in [1.82, 2.24) is 19.9 Å². The average molecular weight is 427 g/mol. The van der Waals surface area contributed by atoms with Crippen LogP contribution in [0.15, 0.2) is 79.3 Å². The molecular weight excluding hydrogens is 400 g/mol. The van der Waals surface area contributed by atoms with Crippen LogP contribution in [0, 0.1) is 12.3 Å². The molecule has 4 aromatic rings. The molecule has 4 rings (SSSR count). The topological polar surface area (TPSA) is 83.9 Å². The molecule has 162 valence electrons. The van der Waals surface area contributed by atoms with Gasteiger partial charge in [0.05, 0.1) is 34.5 Å². The van der Waals surface area contributed by atoms with Gasteiger partial charge in [0.25, 0.3) is 0 Å². The van der Waals surface area contributed by atoms with Gasteiger partial charge in [-0.15, -0.1) is 0 Å². The summed E-state index contributed by atoms with van der Waals surface area (Å²) < 4.78 is 5.79. The maximum atomic E-state index is 9.63. The Morgan fingerprint density at radius 2 is 1.72 bits per heavy atom. The minimum atomic E-state index is -0.503. The van der Waals surface area contributed by atoms with Crippen LogP contribution >= 0.6 is 0 Å². The molecule has 2 N–H and O–H groups in total. The minimum absolute atomic E-state index is 0.109. The maximum absolute atomic E-state index is 9.63. The molecule has 0 unspecified atom stereocenters. The fourth-order valence-corrected chi connectivity index (χ4v) is 3.06. The van der Waals surface area contributed by atoms with Crippen LogP contribution in [0.4, 0.5) is 0 Å². The van der Waals surface area contributed by atoms with E-state index in [0.717, 1.165) is 45.5 Å². The number of H-pyrrole nitrogens is 1. The minimum Gasteiger partial charge on any atom is -0.512 e. The second kappa shape index (κ2) is 8.67. The highest BCUT2D eigenvalue weighted by atomic mass is 16.5. The number of hydrogen-bond acceptors (Lipinski definition) is 5. The van der Waals surface area contributed by atoms with E-state index in [1.54, 1.807) is 12.4 Å². The van der Waals surface area contributed by atoms with Gasteiger partial charge in [-0.2, -0.15) is 0 Å². The number of aromatic nitrogens is 4. The molecular formula is C26H26N4O2. The van der Waals surface area contributed by atoms with E-state index in [2.05, 4.69) is 26.5 Å². The lowest BCUT2D eigenvalue weighted by Gasteiger charge is -2.23. The summed E-state index contributed by atoms with van der Waals surface area (Å²) in [7, 11) is 0. The van der Waals surface area contributed by atoms with Crippen molar-refractivity contribution in [3.05, 3.63) is 85.0 Å². The molecule has 3 heterocycles. The van der Waals surface area contributed by atoms with Crippen molar-refractivity contribution in [1.29, 1.82) is 0 Å². The first-order valence-corrected chi connectivity index (χ1v) is 10.4. The quantitative estimate of drug-likeness (QED) is 0.355. The Labute approximate surface area is 187 Å². The highest BCUT2D eigenvalue weighted by Gasteiger charge is 2.22. The molecule has 0 atom stereocenters. The third kappa shape index (κ3) is 4.70. The lowest BCUT2D eigenvalue weighted by atomic mass is 9.93. The van der Waals surface area contributed by atoms with Crippen molar-refractivity contribution >= 4 is 0 Å². The lowest BCUT2D eigenvalue weighted by molar-refractivity contribution is 0.159. The van der Waals surface area contributed by atoms with E-state index in [9.17, 15) is 5.11 Å². The van der Waals surface area contributed by atoms with Gasteiger partial charge in [0.15, 0.2) is 0 Å². The van der Waals surface area contributed by atoms with Gasteiger partial charge in [0.1, 0.15) is 18.2 Å². The average Bonchev–Trinajstić information content (AvgIpc) is 3.29. The smallest absolute Gasteiger partial charge is 0.139 e. The van der Waals surface area contributed by atoms with E-state index in [-0.39, 0.29) is 5.76 Å². The first-order valence-electron chi connectivity index (χ1n) is 10.4. The molecule has 0 aliphatic heterocycles. The van der Waals surface area contributed by atoms with Crippen LogP contribution in [0.2, 0.25) is 0 Å². The fraction of sp³-hybridized carbons (Fsp3) is 0.192. The Morgan fingerprint density at radius 1 is 0.969 bits per heavy atom. The molecule has 0 fully saturated rings. The molecule has 0 radical (unpaired) electrons. The zero-order valence-corrected chi connectivity index (χ0v) is 18.5. The van der Waals surface area contributed by atoms with Crippen LogP contribution in [0.25, 0.3) is 34.0 Å². The number of aromatic amines is 1. The Morgan fingerprint density at radius 3 is 2.38 bits per heavy atom. The van der Waals surface area contributed by atoms with Gasteiger partial charge in [-0.25, -0.2) is 4.98 Å². The van der Waals surface area contributed by atoms with Crippen LogP contribution in [0.1, 0.15) is 19.5 Å².